The van der Waals surface area contributed by atoms with Crippen LogP contribution >= 0.6 is 11.3 Å². The number of imidazole rings is 1. The number of amides is 1. The fourth-order valence-corrected chi connectivity index (χ4v) is 4.89. The molecule has 1 amide bonds. The quantitative estimate of drug-likeness (QED) is 0.527. The third kappa shape index (κ3) is 4.00. The topological polar surface area (TPSA) is 88.8 Å². The van der Waals surface area contributed by atoms with Crippen LogP contribution in [0.25, 0.3) is 16.0 Å². The molecule has 1 N–H and O–H groups in total. The lowest BCUT2D eigenvalue weighted by Gasteiger charge is -2.32. The number of nitrogens with zero attached hydrogens (tertiary/aromatic N) is 6. The highest BCUT2D eigenvalue weighted by atomic mass is 32.1. The van der Waals surface area contributed by atoms with Crippen LogP contribution in [-0.4, -0.2) is 43.7 Å². The zero-order chi connectivity index (χ0) is 21.4. The van der Waals surface area contributed by atoms with E-state index in [9.17, 15) is 4.79 Å². The van der Waals surface area contributed by atoms with E-state index < -0.39 is 0 Å². The minimum Gasteiger partial charge on any atom is -0.354 e. The number of hydrogen-bond acceptors (Lipinski definition) is 7. The number of anilines is 2. The lowest BCUT2D eigenvalue weighted by atomic mass is 9.97. The standard InChI is InChI=1S/C22H23N7OS/c1-14-5-6-17-18(12-14)31-22(24-17)25-21(30)16-4-3-10-28(13-16)19-7-8-20(27-26-19)29-11-9-23-15(29)2/h5-9,11-12,16H,3-4,10,13H2,1-2H3,(H,24,25,30). The van der Waals surface area contributed by atoms with Gasteiger partial charge in [-0.3, -0.25) is 9.36 Å². The SMILES string of the molecule is Cc1ccc2nc(NC(=O)C3CCCN(c4ccc(-n5ccnc5C)nn4)C3)sc2c1. The van der Waals surface area contributed by atoms with Crippen molar-refractivity contribution in [1.82, 2.24) is 24.7 Å². The fourth-order valence-electron chi connectivity index (χ4n) is 3.93. The average Bonchev–Trinajstić information content (AvgIpc) is 3.39. The maximum absolute atomic E-state index is 12.9. The molecule has 1 aliphatic heterocycles. The maximum atomic E-state index is 12.9. The molecule has 5 rings (SSSR count). The Morgan fingerprint density at radius 1 is 1.16 bits per heavy atom. The van der Waals surface area contributed by atoms with Gasteiger partial charge in [-0.2, -0.15) is 0 Å². The molecule has 1 atom stereocenters. The van der Waals surface area contributed by atoms with Crippen molar-refractivity contribution >= 4 is 38.4 Å². The molecule has 0 saturated carbocycles. The van der Waals surface area contributed by atoms with E-state index in [2.05, 4.69) is 43.4 Å². The molecule has 1 unspecified atom stereocenters. The number of benzene rings is 1. The number of aryl methyl sites for hydroxylation is 2. The van der Waals surface area contributed by atoms with Crippen LogP contribution in [0.3, 0.4) is 0 Å². The number of fused-ring (bicyclic) bond motifs is 1. The van der Waals surface area contributed by atoms with Gasteiger partial charge in [0, 0.05) is 25.5 Å². The summed E-state index contributed by atoms with van der Waals surface area (Å²) in [5.74, 6) is 2.28. The lowest BCUT2D eigenvalue weighted by molar-refractivity contribution is -0.120. The highest BCUT2D eigenvalue weighted by Gasteiger charge is 2.27. The van der Waals surface area contributed by atoms with E-state index in [0.29, 0.717) is 11.7 Å². The van der Waals surface area contributed by atoms with Crippen molar-refractivity contribution in [3.8, 4) is 5.82 Å². The first kappa shape index (κ1) is 19.6. The number of hydrogen-bond donors (Lipinski definition) is 1. The Kier molecular flexibility index (Phi) is 5.11. The van der Waals surface area contributed by atoms with Crippen LogP contribution in [0.5, 0.6) is 0 Å². The second kappa shape index (κ2) is 8.07. The average molecular weight is 434 g/mol. The van der Waals surface area contributed by atoms with Gasteiger partial charge < -0.3 is 10.2 Å². The molecule has 3 aromatic heterocycles. The highest BCUT2D eigenvalue weighted by molar-refractivity contribution is 7.22. The molecule has 31 heavy (non-hydrogen) atoms. The van der Waals surface area contributed by atoms with Crippen molar-refractivity contribution in [2.45, 2.75) is 26.7 Å². The van der Waals surface area contributed by atoms with Gasteiger partial charge in [-0.1, -0.05) is 17.4 Å². The first-order valence-corrected chi connectivity index (χ1v) is 11.2. The summed E-state index contributed by atoms with van der Waals surface area (Å²) in [6.45, 7) is 5.46. The van der Waals surface area contributed by atoms with Crippen molar-refractivity contribution in [1.29, 1.82) is 0 Å². The summed E-state index contributed by atoms with van der Waals surface area (Å²) >= 11 is 1.52. The Bertz CT molecular complexity index is 1230. The van der Waals surface area contributed by atoms with E-state index in [1.165, 1.54) is 16.9 Å². The lowest BCUT2D eigenvalue weighted by Crippen LogP contribution is -2.41. The molecule has 0 radical (unpaired) electrons. The molecule has 1 aliphatic rings. The molecule has 1 saturated heterocycles. The summed E-state index contributed by atoms with van der Waals surface area (Å²) in [6, 6.07) is 10.0. The second-order valence-electron chi connectivity index (χ2n) is 7.86. The highest BCUT2D eigenvalue weighted by Crippen LogP contribution is 2.28. The number of aromatic nitrogens is 5. The van der Waals surface area contributed by atoms with Crippen LogP contribution in [0.2, 0.25) is 0 Å². The molecular weight excluding hydrogens is 410 g/mol. The Balaban J connectivity index is 1.27. The minimum atomic E-state index is -0.111. The van der Waals surface area contributed by atoms with Gasteiger partial charge in [-0.25, -0.2) is 9.97 Å². The molecule has 1 aromatic carbocycles. The second-order valence-corrected chi connectivity index (χ2v) is 8.89. The molecule has 0 spiro atoms. The van der Waals surface area contributed by atoms with Gasteiger partial charge in [-0.05, 0) is 56.5 Å². The molecular formula is C22H23N7OS. The van der Waals surface area contributed by atoms with E-state index in [4.69, 9.17) is 0 Å². The Morgan fingerprint density at radius 2 is 2.00 bits per heavy atom. The molecule has 4 heterocycles. The van der Waals surface area contributed by atoms with Gasteiger partial charge in [0.15, 0.2) is 16.8 Å². The third-order valence-corrected chi connectivity index (χ3v) is 6.53. The first-order chi connectivity index (χ1) is 15.1. The molecule has 0 aliphatic carbocycles. The number of thiazole rings is 1. The number of carbonyl (C=O) groups is 1. The molecule has 1 fully saturated rings. The summed E-state index contributed by atoms with van der Waals surface area (Å²) in [6.07, 6.45) is 5.39. The fraction of sp³-hybridized carbons (Fsp3) is 0.318. The van der Waals surface area contributed by atoms with Crippen molar-refractivity contribution in [2.75, 3.05) is 23.3 Å². The van der Waals surface area contributed by atoms with Crippen LogP contribution in [0, 0.1) is 19.8 Å². The first-order valence-electron chi connectivity index (χ1n) is 10.3. The number of nitrogens with one attached hydrogen (secondary N) is 1. The van der Waals surface area contributed by atoms with Crippen LogP contribution in [-0.2, 0) is 4.79 Å². The summed E-state index contributed by atoms with van der Waals surface area (Å²) in [4.78, 5) is 23.8. The van der Waals surface area contributed by atoms with E-state index in [1.807, 2.05) is 42.0 Å². The van der Waals surface area contributed by atoms with Crippen molar-refractivity contribution < 1.29 is 4.79 Å². The van der Waals surface area contributed by atoms with Crippen molar-refractivity contribution in [3.63, 3.8) is 0 Å². The minimum absolute atomic E-state index is 0.0131. The Morgan fingerprint density at radius 3 is 2.77 bits per heavy atom. The number of rotatable bonds is 4. The van der Waals surface area contributed by atoms with Crippen LogP contribution in [0.15, 0.2) is 42.7 Å². The van der Waals surface area contributed by atoms with E-state index >= 15 is 0 Å². The van der Waals surface area contributed by atoms with Crippen LogP contribution in [0.1, 0.15) is 24.2 Å². The third-order valence-electron chi connectivity index (χ3n) is 5.60. The van der Waals surface area contributed by atoms with Gasteiger partial charge in [0.05, 0.1) is 16.1 Å². The molecule has 158 valence electrons. The van der Waals surface area contributed by atoms with Gasteiger partial charge in [-0.15, -0.1) is 10.2 Å². The predicted octanol–water partition coefficient (Wildman–Crippen LogP) is 3.74. The van der Waals surface area contributed by atoms with Crippen LogP contribution < -0.4 is 10.2 Å². The zero-order valence-electron chi connectivity index (χ0n) is 17.4. The summed E-state index contributed by atoms with van der Waals surface area (Å²) in [5.41, 5.74) is 2.10. The molecule has 9 heteroatoms. The Hall–Kier alpha value is -3.33. The molecule has 8 nitrogen and oxygen atoms in total. The largest absolute Gasteiger partial charge is 0.354 e. The molecule has 4 aromatic rings. The summed E-state index contributed by atoms with van der Waals surface area (Å²) in [5, 5.41) is 12.4. The van der Waals surface area contributed by atoms with Gasteiger partial charge in [0.1, 0.15) is 5.82 Å². The summed E-state index contributed by atoms with van der Waals surface area (Å²) < 4.78 is 2.98. The van der Waals surface area contributed by atoms with Gasteiger partial charge >= 0.3 is 0 Å². The Labute approximate surface area is 184 Å². The van der Waals surface area contributed by atoms with Gasteiger partial charge in [0.2, 0.25) is 5.91 Å². The monoisotopic (exact) mass is 433 g/mol. The van der Waals surface area contributed by atoms with Crippen molar-refractivity contribution in [2.24, 2.45) is 5.92 Å². The number of carbonyl (C=O) groups excluding carboxylic acids is 1. The predicted molar refractivity (Wildman–Crippen MR) is 122 cm³/mol. The number of piperidine rings is 1. The van der Waals surface area contributed by atoms with Crippen LogP contribution in [0.4, 0.5) is 10.9 Å². The maximum Gasteiger partial charge on any atom is 0.231 e. The molecule has 0 bridgehead atoms. The summed E-state index contributed by atoms with van der Waals surface area (Å²) in [7, 11) is 0. The van der Waals surface area contributed by atoms with Crippen molar-refractivity contribution in [3.05, 3.63) is 54.1 Å². The van der Waals surface area contributed by atoms with E-state index in [0.717, 1.165) is 47.1 Å². The van der Waals surface area contributed by atoms with E-state index in [-0.39, 0.29) is 11.8 Å². The van der Waals surface area contributed by atoms with Gasteiger partial charge in [0.25, 0.3) is 0 Å². The van der Waals surface area contributed by atoms with E-state index in [1.54, 1.807) is 6.20 Å². The normalized spacial score (nSPS) is 16.6. The smallest absolute Gasteiger partial charge is 0.231 e. The zero-order valence-corrected chi connectivity index (χ0v) is 18.3.